The van der Waals surface area contributed by atoms with Crippen LogP contribution in [0.2, 0.25) is 0 Å². The summed E-state index contributed by atoms with van der Waals surface area (Å²) in [5, 5.41) is 0. The van der Waals surface area contributed by atoms with Crippen LogP contribution in [-0.2, 0) is 6.42 Å². The van der Waals surface area contributed by atoms with E-state index in [0.29, 0.717) is 4.47 Å². The first-order chi connectivity index (χ1) is 8.58. The second kappa shape index (κ2) is 5.93. The third-order valence-electron chi connectivity index (χ3n) is 2.52. The number of ketones is 1. The zero-order chi connectivity index (χ0) is 13.1. The molecule has 0 saturated heterocycles. The Bertz CT molecular complexity index is 561. The van der Waals surface area contributed by atoms with Gasteiger partial charge in [0.25, 0.3) is 0 Å². The van der Waals surface area contributed by atoms with Gasteiger partial charge >= 0.3 is 0 Å². The summed E-state index contributed by atoms with van der Waals surface area (Å²) in [4.78, 5) is 12.1. The lowest BCUT2D eigenvalue weighted by Crippen LogP contribution is -2.07. The van der Waals surface area contributed by atoms with Crippen LogP contribution in [0.1, 0.15) is 15.9 Å². The molecule has 1 nitrogen and oxygen atoms in total. The number of benzene rings is 2. The van der Waals surface area contributed by atoms with Crippen molar-refractivity contribution in [3.63, 3.8) is 0 Å². The Morgan fingerprint density at radius 2 is 1.83 bits per heavy atom. The predicted octanol–water partition coefficient (Wildman–Crippen LogP) is 4.62. The van der Waals surface area contributed by atoms with Gasteiger partial charge in [-0.1, -0.05) is 18.2 Å². The molecule has 0 radical (unpaired) electrons. The van der Waals surface area contributed by atoms with E-state index < -0.39 is 5.82 Å². The molecule has 0 aliphatic carbocycles. The summed E-state index contributed by atoms with van der Waals surface area (Å²) in [6.45, 7) is 0. The first-order valence-corrected chi connectivity index (χ1v) is 7.17. The Hall–Kier alpha value is -0.750. The number of Topliss-reactive ketones (excluding diaryl/α,β-unsaturated/α-hetero) is 1. The second-order valence-electron chi connectivity index (χ2n) is 3.82. The lowest BCUT2D eigenvalue weighted by molar-refractivity contribution is 0.0988. The van der Waals surface area contributed by atoms with Gasteiger partial charge in [0, 0.05) is 14.5 Å². The van der Waals surface area contributed by atoms with Crippen LogP contribution in [0.3, 0.4) is 0 Å². The van der Waals surface area contributed by atoms with Crippen molar-refractivity contribution in [2.75, 3.05) is 0 Å². The smallest absolute Gasteiger partial charge is 0.171 e. The third kappa shape index (κ3) is 3.17. The fourth-order valence-electron chi connectivity index (χ4n) is 1.64. The van der Waals surface area contributed by atoms with Gasteiger partial charge in [-0.3, -0.25) is 4.79 Å². The van der Waals surface area contributed by atoms with Crippen molar-refractivity contribution >= 4 is 44.3 Å². The standard InChI is InChI=1S/C14H9BrFIO/c15-11-2-1-3-12(16)14(11)13(18)8-9-4-6-10(17)7-5-9/h1-7H,8H2. The molecule has 2 rings (SSSR count). The van der Waals surface area contributed by atoms with E-state index in [4.69, 9.17) is 0 Å². The molecule has 0 aliphatic heterocycles. The largest absolute Gasteiger partial charge is 0.294 e. The van der Waals surface area contributed by atoms with E-state index in [1.54, 1.807) is 12.1 Å². The number of rotatable bonds is 3. The van der Waals surface area contributed by atoms with Crippen molar-refractivity contribution < 1.29 is 9.18 Å². The van der Waals surface area contributed by atoms with Crippen LogP contribution in [0.15, 0.2) is 46.9 Å². The zero-order valence-corrected chi connectivity index (χ0v) is 13.0. The van der Waals surface area contributed by atoms with Crippen LogP contribution in [0.4, 0.5) is 4.39 Å². The topological polar surface area (TPSA) is 17.1 Å². The maximum absolute atomic E-state index is 13.6. The van der Waals surface area contributed by atoms with Gasteiger partial charge in [-0.05, 0) is 68.3 Å². The molecule has 4 heteroatoms. The van der Waals surface area contributed by atoms with Crippen LogP contribution < -0.4 is 0 Å². The number of carbonyl (C=O) groups excluding carboxylic acids is 1. The Morgan fingerprint density at radius 1 is 1.17 bits per heavy atom. The Labute approximate surface area is 127 Å². The maximum atomic E-state index is 13.6. The molecule has 0 aromatic heterocycles. The molecule has 0 heterocycles. The highest BCUT2D eigenvalue weighted by Crippen LogP contribution is 2.21. The van der Waals surface area contributed by atoms with Crippen molar-refractivity contribution in [3.8, 4) is 0 Å². The summed E-state index contributed by atoms with van der Waals surface area (Å²) in [6.07, 6.45) is 0.205. The third-order valence-corrected chi connectivity index (χ3v) is 3.90. The van der Waals surface area contributed by atoms with E-state index in [2.05, 4.69) is 38.5 Å². The first-order valence-electron chi connectivity index (χ1n) is 5.29. The highest BCUT2D eigenvalue weighted by atomic mass is 127. The summed E-state index contributed by atoms with van der Waals surface area (Å²) in [5.41, 5.74) is 1.01. The maximum Gasteiger partial charge on any atom is 0.171 e. The van der Waals surface area contributed by atoms with Gasteiger partial charge in [0.15, 0.2) is 5.78 Å². The van der Waals surface area contributed by atoms with Gasteiger partial charge in [0.05, 0.1) is 5.56 Å². The minimum Gasteiger partial charge on any atom is -0.294 e. The average molecular weight is 419 g/mol. The molecule has 2 aromatic carbocycles. The van der Waals surface area contributed by atoms with Crippen LogP contribution >= 0.6 is 38.5 Å². The summed E-state index contributed by atoms with van der Waals surface area (Å²) in [7, 11) is 0. The van der Waals surface area contributed by atoms with E-state index in [0.717, 1.165) is 9.13 Å². The molecule has 0 saturated carbocycles. The average Bonchev–Trinajstić information content (AvgIpc) is 2.32. The zero-order valence-electron chi connectivity index (χ0n) is 9.29. The van der Waals surface area contributed by atoms with Crippen LogP contribution in [-0.4, -0.2) is 5.78 Å². The highest BCUT2D eigenvalue weighted by Gasteiger charge is 2.15. The lowest BCUT2D eigenvalue weighted by atomic mass is 10.0. The summed E-state index contributed by atoms with van der Waals surface area (Å²) in [6, 6.07) is 12.2. The lowest BCUT2D eigenvalue weighted by Gasteiger charge is -2.05. The molecule has 18 heavy (non-hydrogen) atoms. The van der Waals surface area contributed by atoms with Crippen molar-refractivity contribution in [2.45, 2.75) is 6.42 Å². The van der Waals surface area contributed by atoms with Crippen molar-refractivity contribution in [1.29, 1.82) is 0 Å². The Morgan fingerprint density at radius 3 is 2.44 bits per heavy atom. The number of hydrogen-bond donors (Lipinski definition) is 0. The quantitative estimate of drug-likeness (QED) is 0.525. The monoisotopic (exact) mass is 418 g/mol. The molecule has 0 bridgehead atoms. The van der Waals surface area contributed by atoms with Crippen molar-refractivity contribution in [3.05, 3.63) is 67.5 Å². The molecule has 0 amide bonds. The van der Waals surface area contributed by atoms with E-state index in [1.165, 1.54) is 6.07 Å². The van der Waals surface area contributed by atoms with Gasteiger partial charge in [-0.25, -0.2) is 4.39 Å². The van der Waals surface area contributed by atoms with E-state index >= 15 is 0 Å². The molecular formula is C14H9BrFIO. The molecule has 0 atom stereocenters. The normalized spacial score (nSPS) is 10.4. The first kappa shape index (κ1) is 13.7. The van der Waals surface area contributed by atoms with Crippen molar-refractivity contribution in [1.82, 2.24) is 0 Å². The molecule has 92 valence electrons. The highest BCUT2D eigenvalue weighted by molar-refractivity contribution is 14.1. The fraction of sp³-hybridized carbons (Fsp3) is 0.0714. The Balaban J connectivity index is 2.25. The summed E-state index contributed by atoms with van der Waals surface area (Å²) >= 11 is 5.41. The summed E-state index contributed by atoms with van der Waals surface area (Å²) in [5.74, 6) is -0.707. The van der Waals surface area contributed by atoms with E-state index in [9.17, 15) is 9.18 Å². The van der Waals surface area contributed by atoms with Gasteiger partial charge in [-0.15, -0.1) is 0 Å². The minimum absolute atomic E-state index is 0.121. The van der Waals surface area contributed by atoms with Gasteiger partial charge in [0.2, 0.25) is 0 Å². The van der Waals surface area contributed by atoms with Crippen molar-refractivity contribution in [2.24, 2.45) is 0 Å². The van der Waals surface area contributed by atoms with Gasteiger partial charge in [0.1, 0.15) is 5.82 Å². The molecular weight excluding hydrogens is 410 g/mol. The predicted molar refractivity (Wildman–Crippen MR) is 81.3 cm³/mol. The fourth-order valence-corrected chi connectivity index (χ4v) is 2.56. The number of halogens is 3. The summed E-state index contributed by atoms with van der Waals surface area (Å²) < 4.78 is 15.2. The molecule has 2 aromatic rings. The molecule has 0 aliphatic rings. The van der Waals surface area contributed by atoms with Crippen LogP contribution in [0, 0.1) is 9.39 Å². The molecule has 0 unspecified atom stereocenters. The molecule has 0 spiro atoms. The van der Waals surface area contributed by atoms with Crippen LogP contribution in [0.5, 0.6) is 0 Å². The van der Waals surface area contributed by atoms with Gasteiger partial charge in [-0.2, -0.15) is 0 Å². The number of carbonyl (C=O) groups is 1. The number of hydrogen-bond acceptors (Lipinski definition) is 1. The van der Waals surface area contributed by atoms with E-state index in [1.807, 2.05) is 24.3 Å². The van der Waals surface area contributed by atoms with Crippen LogP contribution in [0.25, 0.3) is 0 Å². The SMILES string of the molecule is O=C(Cc1ccc(I)cc1)c1c(F)cccc1Br. The minimum atomic E-state index is -0.486. The molecule has 0 fully saturated rings. The van der Waals surface area contributed by atoms with E-state index in [-0.39, 0.29) is 17.8 Å². The second-order valence-corrected chi connectivity index (χ2v) is 5.92. The Kier molecular flexibility index (Phi) is 4.50. The van der Waals surface area contributed by atoms with Gasteiger partial charge < -0.3 is 0 Å². The molecule has 0 N–H and O–H groups in total.